The van der Waals surface area contributed by atoms with Crippen LogP contribution in [0, 0.1) is 5.82 Å². The van der Waals surface area contributed by atoms with Crippen molar-refractivity contribution in [2.75, 3.05) is 18.0 Å². The number of nitrogens with two attached hydrogens (primary N) is 2. The Kier molecular flexibility index (Phi) is 7.79. The van der Waals surface area contributed by atoms with E-state index in [1.165, 1.54) is 17.9 Å². The minimum absolute atomic E-state index is 0.183. The van der Waals surface area contributed by atoms with Gasteiger partial charge in [-0.05, 0) is 29.3 Å². The molecule has 1 fully saturated rings. The first kappa shape index (κ1) is 24.6. The van der Waals surface area contributed by atoms with Gasteiger partial charge in [0.25, 0.3) is 0 Å². The molecule has 34 heavy (non-hydrogen) atoms. The molecule has 0 unspecified atom stereocenters. The molecule has 4 amide bonds. The van der Waals surface area contributed by atoms with Gasteiger partial charge in [0.15, 0.2) is 0 Å². The minimum atomic E-state index is -1.02. The van der Waals surface area contributed by atoms with E-state index in [1.54, 1.807) is 36.4 Å². The molecule has 2 atom stereocenters. The van der Waals surface area contributed by atoms with Crippen molar-refractivity contribution in [3.8, 4) is 11.1 Å². The van der Waals surface area contributed by atoms with Crippen LogP contribution in [-0.4, -0.2) is 49.1 Å². The summed E-state index contributed by atoms with van der Waals surface area (Å²) < 4.78 is 20.1. The number of hydrogen-bond donors (Lipinski definition) is 4. The highest BCUT2D eigenvalue weighted by Crippen LogP contribution is 2.29. The summed E-state index contributed by atoms with van der Waals surface area (Å²) in [6.07, 6.45) is -1.37. The summed E-state index contributed by atoms with van der Waals surface area (Å²) in [6, 6.07) is 10.3. The van der Waals surface area contributed by atoms with Crippen LogP contribution in [0.1, 0.15) is 18.9 Å². The number of anilines is 1. The van der Waals surface area contributed by atoms with Crippen molar-refractivity contribution in [1.82, 2.24) is 10.6 Å². The summed E-state index contributed by atoms with van der Waals surface area (Å²) in [5, 5.41) is 5.21. The number of rotatable bonds is 9. The number of carbonyl (C=O) groups is 4. The number of cyclic esters (lactones) is 1. The second-order valence-corrected chi connectivity index (χ2v) is 7.91. The highest BCUT2D eigenvalue weighted by Gasteiger charge is 2.32. The van der Waals surface area contributed by atoms with Gasteiger partial charge in [-0.15, -0.1) is 0 Å². The SMILES string of the molecule is CC(=O)NC[C@H]1CN(c2ccc(-c3ccc(CNC(=O)[C@H](N)CC(N)=O)cc3)c(F)c2)C(=O)O1. The van der Waals surface area contributed by atoms with E-state index in [2.05, 4.69) is 10.6 Å². The Morgan fingerprint density at radius 2 is 1.88 bits per heavy atom. The largest absolute Gasteiger partial charge is 0.442 e. The summed E-state index contributed by atoms with van der Waals surface area (Å²) in [7, 11) is 0. The second-order valence-electron chi connectivity index (χ2n) is 7.91. The number of nitrogens with one attached hydrogen (secondary N) is 2. The average molecular weight is 471 g/mol. The van der Waals surface area contributed by atoms with Gasteiger partial charge in [0.2, 0.25) is 17.7 Å². The molecule has 0 spiro atoms. The summed E-state index contributed by atoms with van der Waals surface area (Å²) in [6.45, 7) is 1.93. The van der Waals surface area contributed by atoms with E-state index in [4.69, 9.17) is 16.2 Å². The Bertz CT molecular complexity index is 1090. The maximum Gasteiger partial charge on any atom is 0.414 e. The molecule has 1 aliphatic heterocycles. The number of hydrogen-bond acceptors (Lipinski definition) is 6. The van der Waals surface area contributed by atoms with Crippen molar-refractivity contribution in [3.05, 3.63) is 53.8 Å². The topological polar surface area (TPSA) is 157 Å². The summed E-state index contributed by atoms with van der Waals surface area (Å²) in [5.41, 5.74) is 12.7. The van der Waals surface area contributed by atoms with E-state index >= 15 is 0 Å². The van der Waals surface area contributed by atoms with Gasteiger partial charge < -0.3 is 26.8 Å². The first-order chi connectivity index (χ1) is 16.1. The number of halogens is 1. The molecule has 0 radical (unpaired) electrons. The zero-order valence-electron chi connectivity index (χ0n) is 18.5. The smallest absolute Gasteiger partial charge is 0.414 e. The van der Waals surface area contributed by atoms with Crippen LogP contribution >= 0.6 is 0 Å². The van der Waals surface area contributed by atoms with Gasteiger partial charge in [-0.2, -0.15) is 0 Å². The normalized spacial score (nSPS) is 16.0. The molecule has 3 rings (SSSR count). The monoisotopic (exact) mass is 471 g/mol. The molecule has 0 aliphatic carbocycles. The quantitative estimate of drug-likeness (QED) is 0.423. The molecule has 1 saturated heterocycles. The van der Waals surface area contributed by atoms with Crippen molar-refractivity contribution < 1.29 is 28.3 Å². The molecule has 10 nitrogen and oxygen atoms in total. The molecule has 1 aliphatic rings. The lowest BCUT2D eigenvalue weighted by Gasteiger charge is -2.15. The fourth-order valence-electron chi connectivity index (χ4n) is 3.43. The summed E-state index contributed by atoms with van der Waals surface area (Å²) >= 11 is 0. The molecule has 2 aromatic rings. The van der Waals surface area contributed by atoms with Crippen LogP contribution in [0.15, 0.2) is 42.5 Å². The minimum Gasteiger partial charge on any atom is -0.442 e. The molecule has 6 N–H and O–H groups in total. The van der Waals surface area contributed by atoms with E-state index in [9.17, 15) is 23.6 Å². The van der Waals surface area contributed by atoms with Crippen LogP contribution in [0.2, 0.25) is 0 Å². The highest BCUT2D eigenvalue weighted by molar-refractivity contribution is 5.90. The standard InChI is InChI=1S/C23H26FN5O5/c1-13(30)27-11-17-12-29(23(33)34-17)16-6-7-18(19(24)8-16)15-4-2-14(3-5-15)10-28-22(32)20(25)9-21(26)31/h2-8,17,20H,9-12,25H2,1H3,(H2,26,31)(H,27,30)(H,28,32)/t17-,20+/m0/s1. The number of primary amides is 1. The number of nitrogens with zero attached hydrogens (tertiary/aromatic N) is 1. The van der Waals surface area contributed by atoms with Crippen LogP contribution < -0.4 is 27.0 Å². The van der Waals surface area contributed by atoms with Gasteiger partial charge in [0.1, 0.15) is 11.9 Å². The Morgan fingerprint density at radius 1 is 1.18 bits per heavy atom. The first-order valence-electron chi connectivity index (χ1n) is 10.6. The van der Waals surface area contributed by atoms with Gasteiger partial charge >= 0.3 is 6.09 Å². The Morgan fingerprint density at radius 3 is 2.50 bits per heavy atom. The molecule has 2 aromatic carbocycles. The maximum absolute atomic E-state index is 14.9. The summed E-state index contributed by atoms with van der Waals surface area (Å²) in [5.74, 6) is -1.91. The van der Waals surface area contributed by atoms with E-state index < -0.39 is 35.9 Å². The molecular formula is C23H26FN5O5. The van der Waals surface area contributed by atoms with Gasteiger partial charge in [-0.25, -0.2) is 9.18 Å². The van der Waals surface area contributed by atoms with Gasteiger partial charge in [0, 0.05) is 19.0 Å². The van der Waals surface area contributed by atoms with Crippen molar-refractivity contribution in [3.63, 3.8) is 0 Å². The van der Waals surface area contributed by atoms with Crippen LogP contribution in [0.5, 0.6) is 0 Å². The maximum atomic E-state index is 14.9. The van der Waals surface area contributed by atoms with Crippen LogP contribution in [-0.2, 0) is 25.7 Å². The first-order valence-corrected chi connectivity index (χ1v) is 10.6. The third kappa shape index (κ3) is 6.29. The molecular weight excluding hydrogens is 445 g/mol. The van der Waals surface area contributed by atoms with Gasteiger partial charge in [0.05, 0.1) is 31.2 Å². The predicted molar refractivity (Wildman–Crippen MR) is 122 cm³/mol. The van der Waals surface area contributed by atoms with Crippen LogP contribution in [0.4, 0.5) is 14.9 Å². The molecule has 1 heterocycles. The zero-order chi connectivity index (χ0) is 24.8. The number of ether oxygens (including phenoxy) is 1. The lowest BCUT2D eigenvalue weighted by Crippen LogP contribution is -2.42. The lowest BCUT2D eigenvalue weighted by molar-refractivity contribution is -0.126. The van der Waals surface area contributed by atoms with E-state index in [1.807, 2.05) is 0 Å². The van der Waals surface area contributed by atoms with Crippen LogP contribution in [0.3, 0.4) is 0 Å². The summed E-state index contributed by atoms with van der Waals surface area (Å²) in [4.78, 5) is 47.2. The molecule has 0 bridgehead atoms. The Labute approximate surface area is 195 Å². The number of amides is 4. The Balaban J connectivity index is 1.62. The fourth-order valence-corrected chi connectivity index (χ4v) is 3.43. The average Bonchev–Trinajstić information content (AvgIpc) is 3.16. The highest BCUT2D eigenvalue weighted by atomic mass is 19.1. The van der Waals surface area contributed by atoms with E-state index in [0.29, 0.717) is 16.8 Å². The van der Waals surface area contributed by atoms with Crippen molar-refractivity contribution in [1.29, 1.82) is 0 Å². The van der Waals surface area contributed by atoms with Gasteiger partial charge in [-0.3, -0.25) is 19.3 Å². The third-order valence-electron chi connectivity index (χ3n) is 5.21. The molecule has 0 saturated carbocycles. The number of carbonyl (C=O) groups excluding carboxylic acids is 4. The second kappa shape index (κ2) is 10.8. The third-order valence-corrected chi connectivity index (χ3v) is 5.21. The number of benzene rings is 2. The molecule has 180 valence electrons. The van der Waals surface area contributed by atoms with Gasteiger partial charge in [-0.1, -0.05) is 24.3 Å². The fraction of sp³-hybridized carbons (Fsp3) is 0.304. The zero-order valence-corrected chi connectivity index (χ0v) is 18.5. The predicted octanol–water partition coefficient (Wildman–Crippen LogP) is 0.773. The lowest BCUT2D eigenvalue weighted by atomic mass is 10.0. The van der Waals surface area contributed by atoms with Crippen molar-refractivity contribution >= 4 is 29.5 Å². The molecule has 0 aromatic heterocycles. The van der Waals surface area contributed by atoms with Crippen molar-refractivity contribution in [2.45, 2.75) is 32.0 Å². The van der Waals surface area contributed by atoms with E-state index in [0.717, 1.165) is 5.56 Å². The van der Waals surface area contributed by atoms with Crippen molar-refractivity contribution in [2.24, 2.45) is 11.5 Å². The molecule has 11 heteroatoms. The van der Waals surface area contributed by atoms with E-state index in [-0.39, 0.29) is 32.0 Å². The Hall–Kier alpha value is -3.99. The van der Waals surface area contributed by atoms with Crippen LogP contribution in [0.25, 0.3) is 11.1 Å².